The Morgan fingerprint density at radius 3 is 3.06 bits per heavy atom. The number of benzene rings is 1. The Morgan fingerprint density at radius 2 is 2.22 bits per heavy atom. The molecule has 1 aliphatic rings. The van der Waals surface area contributed by atoms with Crippen molar-refractivity contribution in [1.29, 1.82) is 0 Å². The molecule has 0 radical (unpaired) electrons. The first kappa shape index (κ1) is 11.0. The second-order valence-electron chi connectivity index (χ2n) is 3.86. The first-order valence-corrected chi connectivity index (χ1v) is 6.23. The number of carbonyl (C=O) groups excluding carboxylic acids is 1. The van der Waals surface area contributed by atoms with E-state index >= 15 is 0 Å². The number of carbonyl (C=O) groups is 1. The number of primary amides is 1. The van der Waals surface area contributed by atoms with Crippen LogP contribution in [0.4, 0.5) is 0 Å². The lowest BCUT2D eigenvalue weighted by Crippen LogP contribution is -2.13. The molecule has 1 aromatic heterocycles. The molecule has 0 bridgehead atoms. The van der Waals surface area contributed by atoms with E-state index in [-0.39, 0.29) is 19.1 Å². The highest BCUT2D eigenvalue weighted by Crippen LogP contribution is 2.36. The van der Waals surface area contributed by atoms with Crippen molar-refractivity contribution in [2.24, 2.45) is 5.73 Å². The SMILES string of the molecule is NC(=O)Cc1csc(-c2ccc3c(c2)OCO3)n1. The summed E-state index contributed by atoms with van der Waals surface area (Å²) in [6.45, 7) is 0.254. The number of amides is 1. The van der Waals surface area contributed by atoms with Gasteiger partial charge in [-0.3, -0.25) is 4.79 Å². The summed E-state index contributed by atoms with van der Waals surface area (Å²) in [6, 6.07) is 5.66. The quantitative estimate of drug-likeness (QED) is 0.911. The van der Waals surface area contributed by atoms with E-state index < -0.39 is 0 Å². The molecular formula is C12H10N2O3S. The lowest BCUT2D eigenvalue weighted by atomic mass is 10.2. The number of ether oxygens (including phenoxy) is 2. The zero-order valence-corrected chi connectivity index (χ0v) is 10.2. The maximum absolute atomic E-state index is 10.8. The molecule has 1 amide bonds. The van der Waals surface area contributed by atoms with E-state index in [9.17, 15) is 4.79 Å². The maximum Gasteiger partial charge on any atom is 0.231 e. The standard InChI is InChI=1S/C12H10N2O3S/c13-11(15)4-8-5-18-12(14-8)7-1-2-9-10(3-7)17-6-16-9/h1-3,5H,4,6H2,(H2,13,15). The Bertz CT molecular complexity index is 609. The summed E-state index contributed by atoms with van der Waals surface area (Å²) < 4.78 is 10.6. The average molecular weight is 262 g/mol. The van der Waals surface area contributed by atoms with Crippen molar-refractivity contribution in [2.45, 2.75) is 6.42 Å². The van der Waals surface area contributed by atoms with Gasteiger partial charge in [0.1, 0.15) is 5.01 Å². The van der Waals surface area contributed by atoms with E-state index in [0.717, 1.165) is 22.1 Å². The van der Waals surface area contributed by atoms with E-state index in [4.69, 9.17) is 15.2 Å². The van der Waals surface area contributed by atoms with E-state index in [0.29, 0.717) is 5.69 Å². The fourth-order valence-electron chi connectivity index (χ4n) is 1.73. The van der Waals surface area contributed by atoms with Crippen LogP contribution in [0.15, 0.2) is 23.6 Å². The van der Waals surface area contributed by atoms with E-state index in [1.807, 2.05) is 23.6 Å². The molecular weight excluding hydrogens is 252 g/mol. The van der Waals surface area contributed by atoms with Crippen LogP contribution >= 0.6 is 11.3 Å². The molecule has 2 N–H and O–H groups in total. The molecule has 0 saturated carbocycles. The monoisotopic (exact) mass is 262 g/mol. The number of rotatable bonds is 3. The van der Waals surface area contributed by atoms with E-state index in [2.05, 4.69) is 4.98 Å². The summed E-state index contributed by atoms with van der Waals surface area (Å²) in [7, 11) is 0. The number of nitrogens with zero attached hydrogens (tertiary/aromatic N) is 1. The Balaban J connectivity index is 1.90. The molecule has 6 heteroatoms. The van der Waals surface area contributed by atoms with Crippen molar-refractivity contribution in [3.05, 3.63) is 29.3 Å². The molecule has 0 spiro atoms. The van der Waals surface area contributed by atoms with E-state index in [1.165, 1.54) is 11.3 Å². The topological polar surface area (TPSA) is 74.4 Å². The summed E-state index contributed by atoms with van der Waals surface area (Å²) in [5, 5.41) is 2.68. The minimum absolute atomic E-state index is 0.168. The van der Waals surface area contributed by atoms with Crippen LogP contribution in [0.25, 0.3) is 10.6 Å². The van der Waals surface area contributed by atoms with Crippen molar-refractivity contribution in [3.63, 3.8) is 0 Å². The van der Waals surface area contributed by atoms with Gasteiger partial charge in [0.25, 0.3) is 0 Å². The van der Waals surface area contributed by atoms with Crippen LogP contribution in [-0.4, -0.2) is 17.7 Å². The van der Waals surface area contributed by atoms with Crippen LogP contribution in [-0.2, 0) is 11.2 Å². The number of hydrogen-bond donors (Lipinski definition) is 1. The Morgan fingerprint density at radius 1 is 1.39 bits per heavy atom. The molecule has 92 valence electrons. The van der Waals surface area contributed by atoms with Gasteiger partial charge in [-0.15, -0.1) is 11.3 Å². The number of thiazole rings is 1. The van der Waals surface area contributed by atoms with Crippen molar-refractivity contribution >= 4 is 17.2 Å². The lowest BCUT2D eigenvalue weighted by Gasteiger charge is -1.99. The molecule has 18 heavy (non-hydrogen) atoms. The molecule has 1 aliphatic heterocycles. The molecule has 2 aromatic rings. The van der Waals surface area contributed by atoms with Crippen molar-refractivity contribution < 1.29 is 14.3 Å². The molecule has 0 unspecified atom stereocenters. The smallest absolute Gasteiger partial charge is 0.231 e. The normalized spacial score (nSPS) is 12.7. The molecule has 0 fully saturated rings. The lowest BCUT2D eigenvalue weighted by molar-refractivity contribution is -0.117. The highest BCUT2D eigenvalue weighted by Gasteiger charge is 2.15. The number of hydrogen-bond acceptors (Lipinski definition) is 5. The molecule has 1 aromatic carbocycles. The number of nitrogens with two attached hydrogens (primary N) is 1. The highest BCUT2D eigenvalue weighted by atomic mass is 32.1. The predicted molar refractivity (Wildman–Crippen MR) is 66.6 cm³/mol. The second-order valence-corrected chi connectivity index (χ2v) is 4.71. The fourth-order valence-corrected chi connectivity index (χ4v) is 2.55. The van der Waals surface area contributed by atoms with Crippen LogP contribution in [0.3, 0.4) is 0 Å². The number of fused-ring (bicyclic) bond motifs is 1. The Kier molecular flexibility index (Phi) is 2.64. The molecule has 0 aliphatic carbocycles. The predicted octanol–water partition coefficient (Wildman–Crippen LogP) is 1.57. The fraction of sp³-hybridized carbons (Fsp3) is 0.167. The molecule has 0 saturated heterocycles. The summed E-state index contributed by atoms with van der Waals surface area (Å²) in [5.41, 5.74) is 6.77. The van der Waals surface area contributed by atoms with Gasteiger partial charge in [-0.2, -0.15) is 0 Å². The van der Waals surface area contributed by atoms with Gasteiger partial charge >= 0.3 is 0 Å². The van der Waals surface area contributed by atoms with Gasteiger partial charge in [0.05, 0.1) is 12.1 Å². The highest BCUT2D eigenvalue weighted by molar-refractivity contribution is 7.13. The average Bonchev–Trinajstić information content (AvgIpc) is 2.95. The summed E-state index contributed by atoms with van der Waals surface area (Å²) in [6.07, 6.45) is 0.168. The van der Waals surface area contributed by atoms with Gasteiger partial charge in [-0.05, 0) is 18.2 Å². The molecule has 5 nitrogen and oxygen atoms in total. The minimum atomic E-state index is -0.377. The van der Waals surface area contributed by atoms with Gasteiger partial charge in [-0.25, -0.2) is 4.98 Å². The Hall–Kier alpha value is -2.08. The third-order valence-electron chi connectivity index (χ3n) is 2.53. The summed E-state index contributed by atoms with van der Waals surface area (Å²) in [5.74, 6) is 1.09. The van der Waals surface area contributed by atoms with Gasteiger partial charge in [-0.1, -0.05) is 0 Å². The second kappa shape index (κ2) is 4.30. The number of aromatic nitrogens is 1. The minimum Gasteiger partial charge on any atom is -0.454 e. The van der Waals surface area contributed by atoms with Gasteiger partial charge in [0.2, 0.25) is 12.7 Å². The van der Waals surface area contributed by atoms with Crippen LogP contribution in [0.2, 0.25) is 0 Å². The van der Waals surface area contributed by atoms with E-state index in [1.54, 1.807) is 0 Å². The zero-order chi connectivity index (χ0) is 12.5. The molecule has 0 atom stereocenters. The van der Waals surface area contributed by atoms with Gasteiger partial charge in [0, 0.05) is 10.9 Å². The third-order valence-corrected chi connectivity index (χ3v) is 3.47. The van der Waals surface area contributed by atoms with Crippen molar-refractivity contribution in [2.75, 3.05) is 6.79 Å². The maximum atomic E-state index is 10.8. The molecule has 3 rings (SSSR count). The van der Waals surface area contributed by atoms with Crippen LogP contribution in [0.5, 0.6) is 11.5 Å². The first-order chi connectivity index (χ1) is 8.72. The van der Waals surface area contributed by atoms with Crippen LogP contribution in [0, 0.1) is 0 Å². The van der Waals surface area contributed by atoms with Crippen molar-refractivity contribution in [1.82, 2.24) is 4.98 Å². The largest absolute Gasteiger partial charge is 0.454 e. The Labute approximate surface area is 107 Å². The van der Waals surface area contributed by atoms with Crippen molar-refractivity contribution in [3.8, 4) is 22.1 Å². The zero-order valence-electron chi connectivity index (χ0n) is 9.38. The summed E-state index contributed by atoms with van der Waals surface area (Å²) >= 11 is 1.47. The van der Waals surface area contributed by atoms with Crippen LogP contribution < -0.4 is 15.2 Å². The third kappa shape index (κ3) is 2.02. The first-order valence-electron chi connectivity index (χ1n) is 5.35. The van der Waals surface area contributed by atoms with Gasteiger partial charge in [0.15, 0.2) is 11.5 Å². The van der Waals surface area contributed by atoms with Crippen LogP contribution in [0.1, 0.15) is 5.69 Å². The summed E-state index contributed by atoms with van der Waals surface area (Å²) in [4.78, 5) is 15.2. The van der Waals surface area contributed by atoms with Gasteiger partial charge < -0.3 is 15.2 Å². The molecule has 2 heterocycles.